The highest BCUT2D eigenvalue weighted by Gasteiger charge is 2.35. The van der Waals surface area contributed by atoms with Gasteiger partial charge in [0, 0.05) is 30.7 Å². The summed E-state index contributed by atoms with van der Waals surface area (Å²) < 4.78 is 28.7. The number of carbonyl (C=O) groups excluding carboxylic acids is 1. The third kappa shape index (κ3) is 4.81. The molecule has 0 spiro atoms. The number of anilines is 1. The van der Waals surface area contributed by atoms with Gasteiger partial charge in [0.05, 0.1) is 6.04 Å². The number of rotatable bonds is 6. The van der Waals surface area contributed by atoms with Crippen LogP contribution in [-0.2, 0) is 4.79 Å². The van der Waals surface area contributed by atoms with Gasteiger partial charge in [0.1, 0.15) is 5.75 Å². The van der Waals surface area contributed by atoms with E-state index in [1.54, 1.807) is 0 Å². The van der Waals surface area contributed by atoms with Crippen molar-refractivity contribution in [2.24, 2.45) is 5.73 Å². The predicted octanol–water partition coefficient (Wildman–Crippen LogP) is 3.04. The van der Waals surface area contributed by atoms with E-state index in [0.29, 0.717) is 18.8 Å². The average molecular weight is 375 g/mol. The van der Waals surface area contributed by atoms with Crippen molar-refractivity contribution in [1.82, 2.24) is 4.90 Å². The van der Waals surface area contributed by atoms with Crippen LogP contribution < -0.4 is 15.8 Å². The quantitative estimate of drug-likeness (QED) is 0.814. The second-order valence-electron chi connectivity index (χ2n) is 6.70. The standard InChI is InChI=1S/C20H23F2N3O2/c1-13(19(26)24-15-7-9-16(10-8-15)27-20(21)22)25-11-17(18(23)12-25)14-5-3-2-4-6-14/h2-10,13,17-18,20H,11-12,23H2,1H3,(H,24,26)/t13?,17-,18+/m0/s1. The number of amides is 1. The summed E-state index contributed by atoms with van der Waals surface area (Å²) in [5.41, 5.74) is 8.00. The Bertz CT molecular complexity index is 756. The number of halogens is 2. The number of likely N-dealkylation sites (tertiary alicyclic amines) is 1. The van der Waals surface area contributed by atoms with E-state index < -0.39 is 6.61 Å². The Morgan fingerprint density at radius 2 is 1.81 bits per heavy atom. The Balaban J connectivity index is 1.59. The van der Waals surface area contributed by atoms with Gasteiger partial charge in [-0.3, -0.25) is 9.69 Å². The molecule has 1 heterocycles. The van der Waals surface area contributed by atoms with Gasteiger partial charge < -0.3 is 15.8 Å². The van der Waals surface area contributed by atoms with Gasteiger partial charge in [-0.1, -0.05) is 30.3 Å². The van der Waals surface area contributed by atoms with Gasteiger partial charge in [0.15, 0.2) is 0 Å². The fourth-order valence-electron chi connectivity index (χ4n) is 3.36. The van der Waals surface area contributed by atoms with Crippen molar-refractivity contribution in [3.05, 3.63) is 60.2 Å². The molecule has 3 N–H and O–H groups in total. The van der Waals surface area contributed by atoms with Crippen LogP contribution in [0.3, 0.4) is 0 Å². The lowest BCUT2D eigenvalue weighted by molar-refractivity contribution is -0.120. The molecule has 0 saturated carbocycles. The molecule has 0 aromatic heterocycles. The van der Waals surface area contributed by atoms with Gasteiger partial charge in [-0.25, -0.2) is 0 Å². The first kappa shape index (κ1) is 19.3. The highest BCUT2D eigenvalue weighted by molar-refractivity contribution is 5.94. The molecule has 7 heteroatoms. The second-order valence-corrected chi connectivity index (χ2v) is 6.70. The number of carbonyl (C=O) groups is 1. The maximum atomic E-state index is 12.6. The molecular formula is C20H23F2N3O2. The zero-order valence-corrected chi connectivity index (χ0v) is 15.0. The first-order chi connectivity index (χ1) is 12.9. The summed E-state index contributed by atoms with van der Waals surface area (Å²) in [5.74, 6) is 0.0675. The topological polar surface area (TPSA) is 67.6 Å². The third-order valence-corrected chi connectivity index (χ3v) is 4.90. The third-order valence-electron chi connectivity index (χ3n) is 4.90. The number of nitrogens with zero attached hydrogens (tertiary/aromatic N) is 1. The number of alkyl halides is 2. The van der Waals surface area contributed by atoms with E-state index in [4.69, 9.17) is 5.73 Å². The molecular weight excluding hydrogens is 352 g/mol. The summed E-state index contributed by atoms with van der Waals surface area (Å²) in [4.78, 5) is 14.6. The number of nitrogens with two attached hydrogens (primary N) is 1. The van der Waals surface area contributed by atoms with Crippen molar-refractivity contribution in [1.29, 1.82) is 0 Å². The number of ether oxygens (including phenoxy) is 1. The van der Waals surface area contributed by atoms with Crippen molar-refractivity contribution >= 4 is 11.6 Å². The van der Waals surface area contributed by atoms with Crippen LogP contribution in [-0.4, -0.2) is 42.6 Å². The lowest BCUT2D eigenvalue weighted by Crippen LogP contribution is -2.41. The van der Waals surface area contributed by atoms with Crippen LogP contribution in [0.1, 0.15) is 18.4 Å². The summed E-state index contributed by atoms with van der Waals surface area (Å²) in [6.07, 6.45) is 0. The van der Waals surface area contributed by atoms with Crippen molar-refractivity contribution in [3.63, 3.8) is 0 Å². The lowest BCUT2D eigenvalue weighted by Gasteiger charge is -2.23. The molecule has 0 aliphatic carbocycles. The molecule has 1 unspecified atom stereocenters. The molecule has 1 fully saturated rings. The summed E-state index contributed by atoms with van der Waals surface area (Å²) in [6, 6.07) is 15.5. The minimum absolute atomic E-state index is 0.0339. The molecule has 3 atom stereocenters. The van der Waals surface area contributed by atoms with Gasteiger partial charge >= 0.3 is 6.61 Å². The van der Waals surface area contributed by atoms with E-state index in [1.165, 1.54) is 29.8 Å². The molecule has 5 nitrogen and oxygen atoms in total. The zero-order chi connectivity index (χ0) is 19.4. The highest BCUT2D eigenvalue weighted by Crippen LogP contribution is 2.28. The van der Waals surface area contributed by atoms with Gasteiger partial charge in [-0.15, -0.1) is 0 Å². The summed E-state index contributed by atoms with van der Waals surface area (Å²) in [5, 5.41) is 2.80. The number of benzene rings is 2. The Morgan fingerprint density at radius 1 is 1.15 bits per heavy atom. The van der Waals surface area contributed by atoms with E-state index in [-0.39, 0.29) is 29.7 Å². The monoisotopic (exact) mass is 375 g/mol. The highest BCUT2D eigenvalue weighted by atomic mass is 19.3. The lowest BCUT2D eigenvalue weighted by atomic mass is 9.95. The second kappa shape index (κ2) is 8.45. The van der Waals surface area contributed by atoms with Crippen molar-refractivity contribution in [3.8, 4) is 5.75 Å². The van der Waals surface area contributed by atoms with E-state index in [0.717, 1.165) is 0 Å². The van der Waals surface area contributed by atoms with Crippen molar-refractivity contribution in [2.75, 3.05) is 18.4 Å². The molecule has 27 heavy (non-hydrogen) atoms. The Labute approximate surface area is 157 Å². The summed E-state index contributed by atoms with van der Waals surface area (Å²) >= 11 is 0. The van der Waals surface area contributed by atoms with Gasteiger partial charge in [0.25, 0.3) is 0 Å². The van der Waals surface area contributed by atoms with Gasteiger partial charge in [0.2, 0.25) is 5.91 Å². The molecule has 1 aliphatic heterocycles. The largest absolute Gasteiger partial charge is 0.435 e. The molecule has 3 rings (SSSR count). The minimum Gasteiger partial charge on any atom is -0.435 e. The van der Waals surface area contributed by atoms with Crippen LogP contribution in [0.25, 0.3) is 0 Å². The van der Waals surface area contributed by atoms with E-state index in [9.17, 15) is 13.6 Å². The van der Waals surface area contributed by atoms with Gasteiger partial charge in [-0.2, -0.15) is 8.78 Å². The van der Waals surface area contributed by atoms with Crippen LogP contribution in [0.5, 0.6) is 5.75 Å². The first-order valence-corrected chi connectivity index (χ1v) is 8.84. The van der Waals surface area contributed by atoms with E-state index in [1.807, 2.05) is 25.1 Å². The van der Waals surface area contributed by atoms with E-state index in [2.05, 4.69) is 27.1 Å². The Hall–Kier alpha value is -2.51. The normalized spacial score (nSPS) is 21.2. The fourth-order valence-corrected chi connectivity index (χ4v) is 3.36. The van der Waals surface area contributed by atoms with Crippen LogP contribution in [0, 0.1) is 0 Å². The Kier molecular flexibility index (Phi) is 6.03. The van der Waals surface area contributed by atoms with Crippen LogP contribution in [0.2, 0.25) is 0 Å². The van der Waals surface area contributed by atoms with Crippen LogP contribution in [0.4, 0.5) is 14.5 Å². The SMILES string of the molecule is CC(C(=O)Nc1ccc(OC(F)F)cc1)N1C[C@@H](N)[C@H](c2ccccc2)C1. The molecule has 144 valence electrons. The molecule has 2 aromatic carbocycles. The molecule has 1 amide bonds. The summed E-state index contributed by atoms with van der Waals surface area (Å²) in [7, 11) is 0. The zero-order valence-electron chi connectivity index (χ0n) is 15.0. The maximum Gasteiger partial charge on any atom is 0.387 e. The van der Waals surface area contributed by atoms with E-state index >= 15 is 0 Å². The maximum absolute atomic E-state index is 12.6. The van der Waals surface area contributed by atoms with Gasteiger partial charge in [-0.05, 0) is 36.8 Å². The van der Waals surface area contributed by atoms with Crippen LogP contribution in [0.15, 0.2) is 54.6 Å². The molecule has 0 bridgehead atoms. The van der Waals surface area contributed by atoms with Crippen LogP contribution >= 0.6 is 0 Å². The average Bonchev–Trinajstić information content (AvgIpc) is 3.04. The predicted molar refractivity (Wildman–Crippen MR) is 99.9 cm³/mol. The molecule has 2 aromatic rings. The molecule has 1 aliphatic rings. The smallest absolute Gasteiger partial charge is 0.387 e. The molecule has 0 radical (unpaired) electrons. The first-order valence-electron chi connectivity index (χ1n) is 8.84. The molecule has 1 saturated heterocycles. The minimum atomic E-state index is -2.87. The van der Waals surface area contributed by atoms with Crippen molar-refractivity contribution < 1.29 is 18.3 Å². The summed E-state index contributed by atoms with van der Waals surface area (Å²) in [6.45, 7) is 0.308. The number of hydrogen-bond acceptors (Lipinski definition) is 4. The number of nitrogens with one attached hydrogen (secondary N) is 1. The Morgan fingerprint density at radius 3 is 2.44 bits per heavy atom. The number of hydrogen-bond donors (Lipinski definition) is 2. The van der Waals surface area contributed by atoms with Crippen molar-refractivity contribution in [2.45, 2.75) is 31.5 Å². The fraction of sp³-hybridized carbons (Fsp3) is 0.350.